The van der Waals surface area contributed by atoms with Crippen LogP contribution in [-0.2, 0) is 0 Å². The van der Waals surface area contributed by atoms with Gasteiger partial charge in [0, 0.05) is 19.2 Å². The van der Waals surface area contributed by atoms with Gasteiger partial charge in [-0.25, -0.2) is 9.97 Å². The molecule has 1 fully saturated rings. The Bertz CT molecular complexity index is 337. The second-order valence-corrected chi connectivity index (χ2v) is 4.54. The lowest BCUT2D eigenvalue weighted by atomic mass is 9.95. The third kappa shape index (κ3) is 2.19. The molecule has 15 heavy (non-hydrogen) atoms. The third-order valence-electron chi connectivity index (χ3n) is 3.17. The molecule has 1 aromatic rings. The molecule has 0 aliphatic carbocycles. The van der Waals surface area contributed by atoms with Gasteiger partial charge in [0.15, 0.2) is 0 Å². The van der Waals surface area contributed by atoms with Gasteiger partial charge >= 0.3 is 0 Å². The maximum absolute atomic E-state index is 5.64. The summed E-state index contributed by atoms with van der Waals surface area (Å²) in [7, 11) is 0. The smallest absolute Gasteiger partial charge is 0.134 e. The topological polar surface area (TPSA) is 55.0 Å². The number of nitrogens with two attached hydrogens (primary N) is 1. The molecule has 1 unspecified atom stereocenters. The molecule has 1 saturated heterocycles. The summed E-state index contributed by atoms with van der Waals surface area (Å²) in [4.78, 5) is 10.4. The van der Waals surface area contributed by atoms with E-state index in [1.54, 1.807) is 0 Å². The maximum Gasteiger partial charge on any atom is 0.134 e. The van der Waals surface area contributed by atoms with Crippen molar-refractivity contribution in [2.75, 3.05) is 23.7 Å². The fourth-order valence-electron chi connectivity index (χ4n) is 2.07. The van der Waals surface area contributed by atoms with Gasteiger partial charge in [0.05, 0.1) is 0 Å². The van der Waals surface area contributed by atoms with Gasteiger partial charge in [0.2, 0.25) is 0 Å². The van der Waals surface area contributed by atoms with Crippen molar-refractivity contribution in [3.8, 4) is 0 Å². The standard InChI is InChI=1S/C11H18N4/c1-8(2)9-3-4-15(6-9)11-5-10(12)13-7-14-11/h5,7-9H,3-4,6H2,1-2H3,(H2,12,13,14). The molecule has 1 aromatic heterocycles. The number of hydrogen-bond donors (Lipinski definition) is 1. The van der Waals surface area contributed by atoms with Gasteiger partial charge in [-0.2, -0.15) is 0 Å². The molecule has 2 rings (SSSR count). The highest BCUT2D eigenvalue weighted by molar-refractivity contribution is 5.46. The van der Waals surface area contributed by atoms with Gasteiger partial charge in [0.1, 0.15) is 18.0 Å². The van der Waals surface area contributed by atoms with Gasteiger partial charge in [-0.05, 0) is 18.3 Å². The first kappa shape index (κ1) is 10.2. The Balaban J connectivity index is 2.08. The second kappa shape index (κ2) is 4.04. The Kier molecular flexibility index (Phi) is 2.75. The van der Waals surface area contributed by atoms with Crippen LogP contribution in [-0.4, -0.2) is 23.1 Å². The van der Waals surface area contributed by atoms with Crippen LogP contribution in [0.1, 0.15) is 20.3 Å². The van der Waals surface area contributed by atoms with Crippen LogP contribution in [0.5, 0.6) is 0 Å². The lowest BCUT2D eigenvalue weighted by Crippen LogP contribution is -2.22. The van der Waals surface area contributed by atoms with Crippen molar-refractivity contribution in [1.29, 1.82) is 0 Å². The SMILES string of the molecule is CC(C)C1CCN(c2cc(N)ncn2)C1. The molecule has 1 atom stereocenters. The Hall–Kier alpha value is -1.32. The molecule has 4 heteroatoms. The van der Waals surface area contributed by atoms with Crippen LogP contribution in [0.2, 0.25) is 0 Å². The first-order valence-electron chi connectivity index (χ1n) is 5.49. The van der Waals surface area contributed by atoms with Crippen molar-refractivity contribution in [3.05, 3.63) is 12.4 Å². The van der Waals surface area contributed by atoms with Crippen LogP contribution in [0.25, 0.3) is 0 Å². The van der Waals surface area contributed by atoms with E-state index in [1.807, 2.05) is 6.07 Å². The minimum atomic E-state index is 0.549. The summed E-state index contributed by atoms with van der Waals surface area (Å²) in [6.07, 6.45) is 2.79. The maximum atomic E-state index is 5.64. The van der Waals surface area contributed by atoms with Crippen molar-refractivity contribution in [2.24, 2.45) is 11.8 Å². The van der Waals surface area contributed by atoms with Crippen molar-refractivity contribution >= 4 is 11.6 Å². The minimum Gasteiger partial charge on any atom is -0.384 e. The minimum absolute atomic E-state index is 0.549. The Morgan fingerprint density at radius 2 is 2.27 bits per heavy atom. The summed E-state index contributed by atoms with van der Waals surface area (Å²) in [5, 5.41) is 0. The summed E-state index contributed by atoms with van der Waals surface area (Å²) < 4.78 is 0. The molecular formula is C11H18N4. The van der Waals surface area contributed by atoms with Crippen LogP contribution in [0.3, 0.4) is 0 Å². The average molecular weight is 206 g/mol. The van der Waals surface area contributed by atoms with E-state index >= 15 is 0 Å². The van der Waals surface area contributed by atoms with E-state index in [-0.39, 0.29) is 0 Å². The number of rotatable bonds is 2. The third-order valence-corrected chi connectivity index (χ3v) is 3.17. The van der Waals surface area contributed by atoms with E-state index in [4.69, 9.17) is 5.73 Å². The molecule has 0 aromatic carbocycles. The van der Waals surface area contributed by atoms with Crippen LogP contribution in [0.4, 0.5) is 11.6 Å². The molecule has 2 N–H and O–H groups in total. The first-order valence-corrected chi connectivity index (χ1v) is 5.49. The number of hydrogen-bond acceptors (Lipinski definition) is 4. The number of aromatic nitrogens is 2. The number of nitrogens with zero attached hydrogens (tertiary/aromatic N) is 3. The molecular weight excluding hydrogens is 188 g/mol. The molecule has 0 spiro atoms. The van der Waals surface area contributed by atoms with Crippen molar-refractivity contribution in [2.45, 2.75) is 20.3 Å². The van der Waals surface area contributed by atoms with E-state index in [9.17, 15) is 0 Å². The van der Waals surface area contributed by atoms with E-state index in [2.05, 4.69) is 28.7 Å². The zero-order valence-corrected chi connectivity index (χ0v) is 9.35. The first-order chi connectivity index (χ1) is 7.16. The fourth-order valence-corrected chi connectivity index (χ4v) is 2.07. The number of nitrogen functional groups attached to an aromatic ring is 1. The normalized spacial score (nSPS) is 21.3. The van der Waals surface area contributed by atoms with E-state index in [1.165, 1.54) is 12.7 Å². The summed E-state index contributed by atoms with van der Waals surface area (Å²) >= 11 is 0. The Morgan fingerprint density at radius 1 is 1.47 bits per heavy atom. The van der Waals surface area contributed by atoms with Crippen LogP contribution in [0.15, 0.2) is 12.4 Å². The van der Waals surface area contributed by atoms with Crippen LogP contribution < -0.4 is 10.6 Å². The summed E-state index contributed by atoms with van der Waals surface area (Å²) in [6.45, 7) is 6.73. The highest BCUT2D eigenvalue weighted by Crippen LogP contribution is 2.27. The van der Waals surface area contributed by atoms with Crippen LogP contribution >= 0.6 is 0 Å². The summed E-state index contributed by atoms with van der Waals surface area (Å²) in [5.41, 5.74) is 5.64. The van der Waals surface area contributed by atoms with Gasteiger partial charge < -0.3 is 10.6 Å². The molecule has 0 bridgehead atoms. The lowest BCUT2D eigenvalue weighted by molar-refractivity contribution is 0.422. The molecule has 1 aliphatic heterocycles. The lowest BCUT2D eigenvalue weighted by Gasteiger charge is -2.18. The molecule has 0 amide bonds. The largest absolute Gasteiger partial charge is 0.384 e. The van der Waals surface area contributed by atoms with Gasteiger partial charge in [-0.15, -0.1) is 0 Å². The van der Waals surface area contributed by atoms with Crippen molar-refractivity contribution in [3.63, 3.8) is 0 Å². The van der Waals surface area contributed by atoms with Gasteiger partial charge in [-0.3, -0.25) is 0 Å². The predicted molar refractivity (Wildman–Crippen MR) is 61.6 cm³/mol. The molecule has 4 nitrogen and oxygen atoms in total. The van der Waals surface area contributed by atoms with E-state index in [0.717, 1.165) is 30.7 Å². The molecule has 0 saturated carbocycles. The predicted octanol–water partition coefficient (Wildman–Crippen LogP) is 1.54. The zero-order chi connectivity index (χ0) is 10.8. The average Bonchev–Trinajstić information content (AvgIpc) is 2.66. The number of anilines is 2. The van der Waals surface area contributed by atoms with Gasteiger partial charge in [-0.1, -0.05) is 13.8 Å². The van der Waals surface area contributed by atoms with Crippen molar-refractivity contribution in [1.82, 2.24) is 9.97 Å². The van der Waals surface area contributed by atoms with Gasteiger partial charge in [0.25, 0.3) is 0 Å². The van der Waals surface area contributed by atoms with Crippen LogP contribution in [0, 0.1) is 11.8 Å². The quantitative estimate of drug-likeness (QED) is 0.797. The highest BCUT2D eigenvalue weighted by Gasteiger charge is 2.25. The summed E-state index contributed by atoms with van der Waals surface area (Å²) in [6, 6.07) is 1.85. The van der Waals surface area contributed by atoms with E-state index < -0.39 is 0 Å². The van der Waals surface area contributed by atoms with Crippen molar-refractivity contribution < 1.29 is 0 Å². The Morgan fingerprint density at radius 3 is 2.87 bits per heavy atom. The summed E-state index contributed by atoms with van der Waals surface area (Å²) in [5.74, 6) is 3.04. The fraction of sp³-hybridized carbons (Fsp3) is 0.636. The second-order valence-electron chi connectivity index (χ2n) is 4.54. The van der Waals surface area contributed by atoms with E-state index in [0.29, 0.717) is 5.82 Å². The highest BCUT2D eigenvalue weighted by atomic mass is 15.2. The molecule has 2 heterocycles. The zero-order valence-electron chi connectivity index (χ0n) is 9.35. The molecule has 82 valence electrons. The molecule has 1 aliphatic rings. The molecule has 0 radical (unpaired) electrons. The Labute approximate surface area is 90.5 Å². The monoisotopic (exact) mass is 206 g/mol.